The Bertz CT molecular complexity index is 654. The molecule has 0 saturated carbocycles. The van der Waals surface area contributed by atoms with Gasteiger partial charge in [0.15, 0.2) is 6.10 Å². The van der Waals surface area contributed by atoms with Crippen LogP contribution in [0.4, 0.5) is 4.39 Å². The zero-order chi connectivity index (χ0) is 15.2. The van der Waals surface area contributed by atoms with Gasteiger partial charge in [0.1, 0.15) is 17.3 Å². The molecule has 1 atom stereocenters. The van der Waals surface area contributed by atoms with Gasteiger partial charge in [-0.25, -0.2) is 4.39 Å². The molecule has 0 amide bonds. The Hall–Kier alpha value is -2.80. The van der Waals surface area contributed by atoms with Crippen molar-refractivity contribution in [3.8, 4) is 23.8 Å². The van der Waals surface area contributed by atoms with Gasteiger partial charge in [-0.15, -0.1) is 6.42 Å². The van der Waals surface area contributed by atoms with Crippen molar-refractivity contribution in [1.29, 1.82) is 0 Å². The highest BCUT2D eigenvalue weighted by Gasteiger charge is 2.11. The van der Waals surface area contributed by atoms with Crippen LogP contribution in [0.5, 0.6) is 11.5 Å². The van der Waals surface area contributed by atoms with E-state index in [9.17, 15) is 9.18 Å². The average molecular weight is 284 g/mol. The summed E-state index contributed by atoms with van der Waals surface area (Å²) < 4.78 is 23.4. The molecule has 0 heterocycles. The van der Waals surface area contributed by atoms with Crippen LogP contribution in [0.1, 0.15) is 18.6 Å². The van der Waals surface area contributed by atoms with Gasteiger partial charge in [0.25, 0.3) is 0 Å². The minimum Gasteiger partial charge on any atom is -0.457 e. The summed E-state index contributed by atoms with van der Waals surface area (Å²) >= 11 is 0. The molecule has 0 aliphatic rings. The van der Waals surface area contributed by atoms with Gasteiger partial charge in [-0.05, 0) is 36.4 Å². The molecule has 0 bridgehead atoms. The molecule has 1 unspecified atom stereocenters. The van der Waals surface area contributed by atoms with Crippen molar-refractivity contribution >= 4 is 5.97 Å². The molecule has 106 valence electrons. The fourth-order valence-corrected chi connectivity index (χ4v) is 1.71. The van der Waals surface area contributed by atoms with Gasteiger partial charge in [0.05, 0.1) is 0 Å². The molecule has 3 nitrogen and oxygen atoms in total. The number of halogens is 1. The Kier molecular flexibility index (Phi) is 4.57. The van der Waals surface area contributed by atoms with Crippen LogP contribution in [0.3, 0.4) is 0 Å². The van der Waals surface area contributed by atoms with Crippen LogP contribution in [0.15, 0.2) is 48.5 Å². The molecular formula is C17H13FO3. The predicted molar refractivity (Wildman–Crippen MR) is 76.3 cm³/mol. The summed E-state index contributed by atoms with van der Waals surface area (Å²) in [5.74, 6) is 2.73. The highest BCUT2D eigenvalue weighted by atomic mass is 19.1. The number of esters is 1. The molecule has 2 rings (SSSR count). The van der Waals surface area contributed by atoms with Crippen LogP contribution in [0.2, 0.25) is 0 Å². The van der Waals surface area contributed by atoms with Gasteiger partial charge in [0, 0.05) is 12.5 Å². The first kappa shape index (κ1) is 14.6. The van der Waals surface area contributed by atoms with Crippen molar-refractivity contribution in [3.63, 3.8) is 0 Å². The zero-order valence-electron chi connectivity index (χ0n) is 11.4. The van der Waals surface area contributed by atoms with Crippen molar-refractivity contribution in [1.82, 2.24) is 0 Å². The Morgan fingerprint density at radius 2 is 1.62 bits per heavy atom. The molecule has 0 aliphatic heterocycles. The fourth-order valence-electron chi connectivity index (χ4n) is 1.71. The molecular weight excluding hydrogens is 271 g/mol. The van der Waals surface area contributed by atoms with Crippen LogP contribution in [-0.2, 0) is 9.53 Å². The number of terminal acetylenes is 1. The summed E-state index contributed by atoms with van der Waals surface area (Å²) in [5.41, 5.74) is 0.680. The Balaban J connectivity index is 2.09. The zero-order valence-corrected chi connectivity index (χ0v) is 11.4. The largest absolute Gasteiger partial charge is 0.457 e. The quantitative estimate of drug-likeness (QED) is 0.632. The second-order valence-corrected chi connectivity index (χ2v) is 4.28. The molecule has 0 N–H and O–H groups in total. The highest BCUT2D eigenvalue weighted by molar-refractivity contribution is 5.66. The van der Waals surface area contributed by atoms with E-state index >= 15 is 0 Å². The lowest BCUT2D eigenvalue weighted by atomic mass is 10.1. The molecule has 2 aromatic rings. The van der Waals surface area contributed by atoms with Gasteiger partial charge >= 0.3 is 5.97 Å². The van der Waals surface area contributed by atoms with E-state index in [0.29, 0.717) is 17.1 Å². The van der Waals surface area contributed by atoms with Gasteiger partial charge in [-0.1, -0.05) is 18.1 Å². The molecule has 0 aromatic heterocycles. The highest BCUT2D eigenvalue weighted by Crippen LogP contribution is 2.24. The van der Waals surface area contributed by atoms with Crippen molar-refractivity contribution in [2.24, 2.45) is 0 Å². The van der Waals surface area contributed by atoms with Crippen LogP contribution >= 0.6 is 0 Å². The van der Waals surface area contributed by atoms with Gasteiger partial charge in [0.2, 0.25) is 0 Å². The minimum absolute atomic E-state index is 0.323. The maximum atomic E-state index is 12.8. The van der Waals surface area contributed by atoms with E-state index in [1.807, 2.05) is 0 Å². The lowest BCUT2D eigenvalue weighted by molar-refractivity contribution is -0.144. The molecule has 0 fully saturated rings. The van der Waals surface area contributed by atoms with Gasteiger partial charge in [-0.3, -0.25) is 4.79 Å². The van der Waals surface area contributed by atoms with E-state index in [1.54, 1.807) is 24.3 Å². The SMILES string of the molecule is C#CC(OC(C)=O)c1ccc(Oc2ccc(F)cc2)cc1. The number of rotatable bonds is 4. The lowest BCUT2D eigenvalue weighted by Gasteiger charge is -2.12. The summed E-state index contributed by atoms with van der Waals surface area (Å²) in [6, 6.07) is 12.5. The van der Waals surface area contributed by atoms with Gasteiger partial charge in [-0.2, -0.15) is 0 Å². The van der Waals surface area contributed by atoms with E-state index in [-0.39, 0.29) is 5.82 Å². The van der Waals surface area contributed by atoms with Crippen LogP contribution in [-0.4, -0.2) is 5.97 Å². The summed E-state index contributed by atoms with van der Waals surface area (Å²) in [6.45, 7) is 1.30. The second kappa shape index (κ2) is 6.58. The third-order valence-corrected chi connectivity index (χ3v) is 2.67. The summed E-state index contributed by atoms with van der Waals surface area (Å²) in [6.07, 6.45) is 4.61. The molecule has 0 saturated heterocycles. The average Bonchev–Trinajstić information content (AvgIpc) is 2.48. The number of carbonyl (C=O) groups is 1. The standard InChI is InChI=1S/C17H13FO3/c1-3-17(20-12(2)19)13-4-8-15(9-5-13)21-16-10-6-14(18)7-11-16/h1,4-11,17H,2H3. The Morgan fingerprint density at radius 1 is 1.10 bits per heavy atom. The third-order valence-electron chi connectivity index (χ3n) is 2.67. The monoisotopic (exact) mass is 284 g/mol. The van der Waals surface area contributed by atoms with E-state index in [1.165, 1.54) is 31.2 Å². The fraction of sp³-hybridized carbons (Fsp3) is 0.118. The predicted octanol–water partition coefficient (Wildman–Crippen LogP) is 3.86. The third kappa shape index (κ3) is 4.08. The second-order valence-electron chi connectivity index (χ2n) is 4.28. The van der Waals surface area contributed by atoms with Crippen molar-refractivity contribution in [2.75, 3.05) is 0 Å². The minimum atomic E-state index is -0.720. The number of hydrogen-bond donors (Lipinski definition) is 0. The first-order valence-corrected chi connectivity index (χ1v) is 6.25. The molecule has 21 heavy (non-hydrogen) atoms. The van der Waals surface area contributed by atoms with Crippen molar-refractivity contribution < 1.29 is 18.7 Å². The van der Waals surface area contributed by atoms with E-state index in [2.05, 4.69) is 5.92 Å². The molecule has 0 spiro atoms. The number of hydrogen-bond acceptors (Lipinski definition) is 3. The number of benzene rings is 2. The van der Waals surface area contributed by atoms with Gasteiger partial charge < -0.3 is 9.47 Å². The first-order valence-electron chi connectivity index (χ1n) is 6.25. The molecule has 0 radical (unpaired) electrons. The number of ether oxygens (including phenoxy) is 2. The van der Waals surface area contributed by atoms with Crippen molar-refractivity contribution in [3.05, 3.63) is 59.9 Å². The topological polar surface area (TPSA) is 35.5 Å². The first-order chi connectivity index (χ1) is 10.1. The Morgan fingerprint density at radius 3 is 2.10 bits per heavy atom. The van der Waals surface area contributed by atoms with E-state index < -0.39 is 12.1 Å². The summed E-state index contributed by atoms with van der Waals surface area (Å²) in [7, 11) is 0. The maximum Gasteiger partial charge on any atom is 0.304 e. The summed E-state index contributed by atoms with van der Waals surface area (Å²) in [5, 5.41) is 0. The van der Waals surface area contributed by atoms with Crippen molar-refractivity contribution in [2.45, 2.75) is 13.0 Å². The lowest BCUT2D eigenvalue weighted by Crippen LogP contribution is -2.06. The Labute approximate surface area is 122 Å². The van der Waals surface area contributed by atoms with Crippen LogP contribution in [0.25, 0.3) is 0 Å². The normalized spacial score (nSPS) is 11.3. The number of carbonyl (C=O) groups excluding carboxylic acids is 1. The molecule has 2 aromatic carbocycles. The molecule has 4 heteroatoms. The molecule has 0 aliphatic carbocycles. The summed E-state index contributed by atoms with van der Waals surface area (Å²) in [4.78, 5) is 10.9. The smallest absolute Gasteiger partial charge is 0.304 e. The van der Waals surface area contributed by atoms with Crippen LogP contribution < -0.4 is 4.74 Å². The maximum absolute atomic E-state index is 12.8. The van der Waals surface area contributed by atoms with Crippen LogP contribution in [0, 0.1) is 18.2 Å². The van der Waals surface area contributed by atoms with E-state index in [4.69, 9.17) is 15.9 Å². The van der Waals surface area contributed by atoms with E-state index in [0.717, 1.165) is 0 Å².